The monoisotopic (exact) mass is 302 g/mol. The summed E-state index contributed by atoms with van der Waals surface area (Å²) >= 11 is 5.21. The van der Waals surface area contributed by atoms with E-state index in [1.54, 1.807) is 11.3 Å². The zero-order valence-electron chi connectivity index (χ0n) is 10.1. The first-order chi connectivity index (χ1) is 7.32. The summed E-state index contributed by atoms with van der Waals surface area (Å²) in [5, 5.41) is 12.9. The van der Waals surface area contributed by atoms with Crippen LogP contribution in [0, 0.1) is 11.3 Å². The second-order valence-electron chi connectivity index (χ2n) is 5.98. The zero-order valence-corrected chi connectivity index (χ0v) is 12.5. The van der Waals surface area contributed by atoms with Crippen molar-refractivity contribution < 1.29 is 5.11 Å². The lowest BCUT2D eigenvalue weighted by atomic mass is 9.65. The molecule has 0 radical (unpaired) electrons. The van der Waals surface area contributed by atoms with Crippen molar-refractivity contribution in [3.8, 4) is 0 Å². The Morgan fingerprint density at radius 3 is 2.62 bits per heavy atom. The van der Waals surface area contributed by atoms with Gasteiger partial charge in [0.1, 0.15) is 5.60 Å². The van der Waals surface area contributed by atoms with Gasteiger partial charge in [-0.25, -0.2) is 0 Å². The summed E-state index contributed by atoms with van der Waals surface area (Å²) < 4.78 is 1.06. The molecule has 0 spiro atoms. The lowest BCUT2D eigenvalue weighted by molar-refractivity contribution is -0.0612. The molecule has 0 aromatic carbocycles. The third-order valence-electron chi connectivity index (χ3n) is 3.40. The number of rotatable bonds is 1. The van der Waals surface area contributed by atoms with Crippen LogP contribution in [-0.4, -0.2) is 5.11 Å². The van der Waals surface area contributed by atoms with Crippen LogP contribution in [0.15, 0.2) is 15.9 Å². The summed E-state index contributed by atoms with van der Waals surface area (Å²) in [5.41, 5.74) is -0.399. The second-order valence-corrected chi connectivity index (χ2v) is 7.75. The molecule has 3 heteroatoms. The van der Waals surface area contributed by atoms with Gasteiger partial charge in [0.15, 0.2) is 0 Å². The van der Waals surface area contributed by atoms with E-state index < -0.39 is 5.60 Å². The molecule has 1 nitrogen and oxygen atoms in total. The molecule has 1 fully saturated rings. The Kier molecular flexibility index (Phi) is 3.23. The fraction of sp³-hybridized carbons (Fsp3) is 0.692. The highest BCUT2D eigenvalue weighted by Crippen LogP contribution is 2.51. The Morgan fingerprint density at radius 2 is 2.12 bits per heavy atom. The van der Waals surface area contributed by atoms with E-state index in [0.717, 1.165) is 22.2 Å². The standard InChI is InChI=1S/C13H19BrOS/c1-9-6-12(2,3)8-13(15,7-9)11-10(14)4-5-16-11/h4-5,9,15H,6-8H2,1-3H3. The number of hydrogen-bond acceptors (Lipinski definition) is 2. The normalized spacial score (nSPS) is 33.9. The fourth-order valence-electron chi connectivity index (χ4n) is 3.33. The third-order valence-corrected chi connectivity index (χ3v) is 5.43. The lowest BCUT2D eigenvalue weighted by Crippen LogP contribution is -2.39. The maximum atomic E-state index is 10.9. The molecule has 1 N–H and O–H groups in total. The lowest BCUT2D eigenvalue weighted by Gasteiger charge is -2.44. The van der Waals surface area contributed by atoms with E-state index >= 15 is 0 Å². The highest BCUT2D eigenvalue weighted by molar-refractivity contribution is 9.10. The molecule has 2 unspecified atom stereocenters. The fourth-order valence-corrected chi connectivity index (χ4v) is 5.18. The van der Waals surface area contributed by atoms with Crippen molar-refractivity contribution in [2.45, 2.75) is 45.6 Å². The molecule has 16 heavy (non-hydrogen) atoms. The Balaban J connectivity index is 2.34. The SMILES string of the molecule is CC1CC(C)(C)CC(O)(c2sccc2Br)C1. The first kappa shape index (κ1) is 12.6. The molecule has 0 bridgehead atoms. The van der Waals surface area contributed by atoms with E-state index in [1.807, 2.05) is 11.4 Å². The van der Waals surface area contributed by atoms with Crippen molar-refractivity contribution in [1.29, 1.82) is 0 Å². The molecule has 2 rings (SSSR count). The minimum Gasteiger partial charge on any atom is -0.384 e. The minimum absolute atomic E-state index is 0.232. The summed E-state index contributed by atoms with van der Waals surface area (Å²) in [5.74, 6) is 0.586. The van der Waals surface area contributed by atoms with Gasteiger partial charge in [0.05, 0.1) is 4.88 Å². The van der Waals surface area contributed by atoms with Crippen LogP contribution < -0.4 is 0 Å². The van der Waals surface area contributed by atoms with Gasteiger partial charge < -0.3 is 5.11 Å². The molecule has 1 aromatic heterocycles. The number of thiophene rings is 1. The van der Waals surface area contributed by atoms with Crippen LogP contribution in [0.5, 0.6) is 0 Å². The van der Waals surface area contributed by atoms with Gasteiger partial charge in [-0.15, -0.1) is 11.3 Å². The first-order valence-electron chi connectivity index (χ1n) is 5.78. The van der Waals surface area contributed by atoms with E-state index in [2.05, 4.69) is 36.7 Å². The van der Waals surface area contributed by atoms with Gasteiger partial charge >= 0.3 is 0 Å². The molecule has 0 amide bonds. The van der Waals surface area contributed by atoms with Crippen molar-refractivity contribution >= 4 is 27.3 Å². The maximum Gasteiger partial charge on any atom is 0.101 e. The summed E-state index contributed by atoms with van der Waals surface area (Å²) in [6.45, 7) is 6.76. The van der Waals surface area contributed by atoms with Gasteiger partial charge in [0.25, 0.3) is 0 Å². The topological polar surface area (TPSA) is 20.2 Å². The van der Waals surface area contributed by atoms with Crippen LogP contribution in [0.25, 0.3) is 0 Å². The Labute approximate surface area is 110 Å². The summed E-state index contributed by atoms with van der Waals surface area (Å²) in [7, 11) is 0. The largest absolute Gasteiger partial charge is 0.384 e. The molecule has 0 saturated heterocycles. The van der Waals surface area contributed by atoms with Crippen molar-refractivity contribution in [2.24, 2.45) is 11.3 Å². The van der Waals surface area contributed by atoms with Crippen molar-refractivity contribution in [2.75, 3.05) is 0 Å². The number of hydrogen-bond donors (Lipinski definition) is 1. The first-order valence-corrected chi connectivity index (χ1v) is 7.46. The molecule has 1 heterocycles. The maximum absolute atomic E-state index is 10.9. The smallest absolute Gasteiger partial charge is 0.101 e. The van der Waals surface area contributed by atoms with Gasteiger partial charge in [-0.3, -0.25) is 0 Å². The zero-order chi connectivity index (χ0) is 12.0. The second kappa shape index (κ2) is 4.11. The van der Waals surface area contributed by atoms with Gasteiger partial charge in [0.2, 0.25) is 0 Å². The molecule has 90 valence electrons. The predicted octanol–water partition coefficient (Wildman–Crippen LogP) is 4.54. The molecular formula is C13H19BrOS. The Bertz CT molecular complexity index is 385. The molecule has 1 saturated carbocycles. The van der Waals surface area contributed by atoms with E-state index in [0.29, 0.717) is 5.92 Å². The highest BCUT2D eigenvalue weighted by atomic mass is 79.9. The van der Waals surface area contributed by atoms with E-state index in [1.165, 1.54) is 6.42 Å². The molecule has 0 aliphatic heterocycles. The quantitative estimate of drug-likeness (QED) is 0.807. The molecular weight excluding hydrogens is 284 g/mol. The Morgan fingerprint density at radius 1 is 1.44 bits per heavy atom. The van der Waals surface area contributed by atoms with E-state index in [9.17, 15) is 5.11 Å². The predicted molar refractivity (Wildman–Crippen MR) is 72.7 cm³/mol. The van der Waals surface area contributed by atoms with Crippen LogP contribution in [0.2, 0.25) is 0 Å². The van der Waals surface area contributed by atoms with E-state index in [-0.39, 0.29) is 5.41 Å². The van der Waals surface area contributed by atoms with Gasteiger partial charge in [0, 0.05) is 4.47 Å². The Hall–Kier alpha value is 0.140. The van der Waals surface area contributed by atoms with Gasteiger partial charge in [-0.05, 0) is 58.0 Å². The summed E-state index contributed by atoms with van der Waals surface area (Å²) in [6.07, 6.45) is 2.96. The molecule has 1 aromatic rings. The summed E-state index contributed by atoms with van der Waals surface area (Å²) in [4.78, 5) is 1.10. The molecule has 1 aliphatic rings. The van der Waals surface area contributed by atoms with Gasteiger partial charge in [-0.2, -0.15) is 0 Å². The van der Waals surface area contributed by atoms with Crippen LogP contribution in [-0.2, 0) is 5.60 Å². The van der Waals surface area contributed by atoms with Crippen LogP contribution >= 0.6 is 27.3 Å². The van der Waals surface area contributed by atoms with Crippen LogP contribution in [0.3, 0.4) is 0 Å². The average Bonchev–Trinajstić information content (AvgIpc) is 2.46. The highest BCUT2D eigenvalue weighted by Gasteiger charge is 2.44. The van der Waals surface area contributed by atoms with Crippen LogP contribution in [0.1, 0.15) is 44.9 Å². The van der Waals surface area contributed by atoms with Crippen molar-refractivity contribution in [3.63, 3.8) is 0 Å². The van der Waals surface area contributed by atoms with Crippen LogP contribution in [0.4, 0.5) is 0 Å². The minimum atomic E-state index is -0.631. The average molecular weight is 303 g/mol. The number of aliphatic hydroxyl groups is 1. The van der Waals surface area contributed by atoms with Crippen molar-refractivity contribution in [3.05, 3.63) is 20.8 Å². The third kappa shape index (κ3) is 2.36. The van der Waals surface area contributed by atoms with Gasteiger partial charge in [-0.1, -0.05) is 20.8 Å². The molecule has 2 atom stereocenters. The summed E-state index contributed by atoms with van der Waals surface area (Å²) in [6, 6.07) is 2.03. The van der Waals surface area contributed by atoms with Crippen molar-refractivity contribution in [1.82, 2.24) is 0 Å². The van der Waals surface area contributed by atoms with E-state index in [4.69, 9.17) is 0 Å². The number of halogens is 1. The molecule has 1 aliphatic carbocycles.